The van der Waals surface area contributed by atoms with Crippen LogP contribution in [0.25, 0.3) is 0 Å². The Morgan fingerprint density at radius 3 is 2.52 bits per heavy atom. The summed E-state index contributed by atoms with van der Waals surface area (Å²) in [6, 6.07) is 9.76. The van der Waals surface area contributed by atoms with E-state index in [-0.39, 0.29) is 11.8 Å². The molecule has 0 fully saturated rings. The third-order valence-corrected chi connectivity index (χ3v) is 3.77. The van der Waals surface area contributed by atoms with Crippen molar-refractivity contribution in [2.24, 2.45) is 0 Å². The summed E-state index contributed by atoms with van der Waals surface area (Å²) in [5.74, 6) is 0.349. The Bertz CT molecular complexity index is 851. The molecule has 0 aromatic heterocycles. The van der Waals surface area contributed by atoms with Crippen LogP contribution >= 0.6 is 11.6 Å². The molecule has 0 radical (unpaired) electrons. The van der Waals surface area contributed by atoms with E-state index in [1.807, 2.05) is 0 Å². The minimum absolute atomic E-state index is 0.341. The quantitative estimate of drug-likeness (QED) is 0.820. The monoisotopic (exact) mass is 358 g/mol. The Labute approximate surface area is 149 Å². The summed E-state index contributed by atoms with van der Waals surface area (Å²) >= 11 is 6.19. The van der Waals surface area contributed by atoms with Crippen LogP contribution in [0.1, 0.15) is 10.4 Å². The van der Waals surface area contributed by atoms with Crippen LogP contribution in [-0.4, -0.2) is 25.0 Å². The second-order valence-corrected chi connectivity index (χ2v) is 5.61. The minimum atomic E-state index is -0.367. The molecule has 128 valence electrons. The van der Waals surface area contributed by atoms with E-state index in [1.165, 1.54) is 0 Å². The van der Waals surface area contributed by atoms with Crippen LogP contribution in [0.2, 0.25) is 5.02 Å². The number of ether oxygens (including phenoxy) is 2. The van der Waals surface area contributed by atoms with E-state index in [2.05, 4.69) is 17.2 Å². The van der Waals surface area contributed by atoms with Gasteiger partial charge in [-0.15, -0.1) is 0 Å². The highest BCUT2D eigenvalue weighted by molar-refractivity contribution is 6.34. The molecule has 0 saturated carbocycles. The summed E-state index contributed by atoms with van der Waals surface area (Å²) in [6.45, 7) is 4.28. The van der Waals surface area contributed by atoms with Crippen molar-refractivity contribution in [1.29, 1.82) is 0 Å². The Morgan fingerprint density at radius 1 is 1.08 bits per heavy atom. The lowest BCUT2D eigenvalue weighted by molar-refractivity contribution is -0.111. The number of amides is 2. The van der Waals surface area contributed by atoms with Gasteiger partial charge in [-0.1, -0.05) is 24.2 Å². The fraction of sp³-hybridized carbons (Fsp3) is 0.111. The standard InChI is InChI=1S/C18H15ClN2O4/c1-2-17(22)20-12-5-3-4-11(8-12)18(23)21-14-10-16-15(9-13(14)19)24-6-7-25-16/h2-5,8-10H,1,6-7H2,(H,20,22)(H,21,23). The van der Waals surface area contributed by atoms with Gasteiger partial charge in [0, 0.05) is 23.4 Å². The molecular weight excluding hydrogens is 344 g/mol. The molecule has 7 heteroatoms. The molecule has 2 N–H and O–H groups in total. The van der Waals surface area contributed by atoms with Gasteiger partial charge in [-0.05, 0) is 24.3 Å². The normalized spacial score (nSPS) is 12.2. The largest absolute Gasteiger partial charge is 0.486 e. The number of carbonyl (C=O) groups is 2. The predicted octanol–water partition coefficient (Wildman–Crippen LogP) is 3.49. The van der Waals surface area contributed by atoms with Gasteiger partial charge in [0.15, 0.2) is 11.5 Å². The number of hydrogen-bond acceptors (Lipinski definition) is 4. The van der Waals surface area contributed by atoms with E-state index < -0.39 is 0 Å². The summed E-state index contributed by atoms with van der Waals surface area (Å²) < 4.78 is 10.9. The average Bonchev–Trinajstić information content (AvgIpc) is 2.62. The zero-order valence-corrected chi connectivity index (χ0v) is 13.9. The highest BCUT2D eigenvalue weighted by Crippen LogP contribution is 2.38. The Morgan fingerprint density at radius 2 is 1.80 bits per heavy atom. The third kappa shape index (κ3) is 3.92. The van der Waals surface area contributed by atoms with E-state index in [0.717, 1.165) is 6.08 Å². The molecule has 0 unspecified atom stereocenters. The van der Waals surface area contributed by atoms with Gasteiger partial charge in [-0.3, -0.25) is 9.59 Å². The van der Waals surface area contributed by atoms with Crippen LogP contribution in [0.4, 0.5) is 11.4 Å². The molecule has 2 amide bonds. The molecule has 2 aromatic carbocycles. The first kappa shape index (κ1) is 16.9. The summed E-state index contributed by atoms with van der Waals surface area (Å²) in [5.41, 5.74) is 1.27. The number of halogens is 1. The van der Waals surface area contributed by atoms with Gasteiger partial charge in [0.05, 0.1) is 10.7 Å². The van der Waals surface area contributed by atoms with Crippen LogP contribution in [0.3, 0.4) is 0 Å². The molecule has 1 aliphatic rings. The number of rotatable bonds is 4. The predicted molar refractivity (Wildman–Crippen MR) is 95.7 cm³/mol. The van der Waals surface area contributed by atoms with Crippen LogP contribution in [0.5, 0.6) is 11.5 Å². The fourth-order valence-corrected chi connectivity index (χ4v) is 2.49. The summed E-state index contributed by atoms with van der Waals surface area (Å²) in [6.07, 6.45) is 1.15. The molecular formula is C18H15ClN2O4. The van der Waals surface area contributed by atoms with Crippen molar-refractivity contribution in [3.8, 4) is 11.5 Å². The van der Waals surface area contributed by atoms with Gasteiger partial charge >= 0.3 is 0 Å². The van der Waals surface area contributed by atoms with Gasteiger partial charge < -0.3 is 20.1 Å². The van der Waals surface area contributed by atoms with Crippen molar-refractivity contribution >= 4 is 34.8 Å². The lowest BCUT2D eigenvalue weighted by Gasteiger charge is -2.20. The highest BCUT2D eigenvalue weighted by Gasteiger charge is 2.17. The summed E-state index contributed by atoms with van der Waals surface area (Å²) in [4.78, 5) is 23.8. The zero-order chi connectivity index (χ0) is 17.8. The molecule has 25 heavy (non-hydrogen) atoms. The molecule has 0 spiro atoms. The van der Waals surface area contributed by atoms with Crippen molar-refractivity contribution in [1.82, 2.24) is 0 Å². The number of nitrogens with one attached hydrogen (secondary N) is 2. The molecule has 3 rings (SSSR count). The summed E-state index contributed by atoms with van der Waals surface area (Å²) in [5, 5.41) is 5.68. The van der Waals surface area contributed by atoms with Crippen molar-refractivity contribution in [2.45, 2.75) is 0 Å². The van der Waals surface area contributed by atoms with Gasteiger partial charge in [-0.2, -0.15) is 0 Å². The number of carbonyl (C=O) groups excluding carboxylic acids is 2. The Balaban J connectivity index is 1.79. The highest BCUT2D eigenvalue weighted by atomic mass is 35.5. The van der Waals surface area contributed by atoms with Crippen LogP contribution < -0.4 is 20.1 Å². The smallest absolute Gasteiger partial charge is 0.255 e. The lowest BCUT2D eigenvalue weighted by atomic mass is 10.1. The Hall–Kier alpha value is -2.99. The van der Waals surface area contributed by atoms with Crippen LogP contribution in [0.15, 0.2) is 49.1 Å². The number of hydrogen-bond donors (Lipinski definition) is 2. The fourth-order valence-electron chi connectivity index (χ4n) is 2.29. The molecule has 1 aliphatic heterocycles. The van der Waals surface area contributed by atoms with Gasteiger partial charge in [0.1, 0.15) is 13.2 Å². The molecule has 0 atom stereocenters. The number of benzene rings is 2. The van der Waals surface area contributed by atoms with Crippen molar-refractivity contribution < 1.29 is 19.1 Å². The maximum atomic E-state index is 12.5. The van der Waals surface area contributed by atoms with E-state index >= 15 is 0 Å². The van der Waals surface area contributed by atoms with Gasteiger partial charge in [0.25, 0.3) is 5.91 Å². The molecule has 0 saturated heterocycles. The van der Waals surface area contributed by atoms with Crippen LogP contribution in [0, 0.1) is 0 Å². The van der Waals surface area contributed by atoms with Crippen LogP contribution in [-0.2, 0) is 4.79 Å². The molecule has 0 bridgehead atoms. The maximum absolute atomic E-state index is 12.5. The first-order valence-electron chi connectivity index (χ1n) is 7.51. The van der Waals surface area contributed by atoms with E-state index in [9.17, 15) is 9.59 Å². The Kier molecular flexibility index (Phi) is 4.90. The zero-order valence-electron chi connectivity index (χ0n) is 13.2. The first-order chi connectivity index (χ1) is 12.1. The van der Waals surface area contributed by atoms with E-state index in [4.69, 9.17) is 21.1 Å². The van der Waals surface area contributed by atoms with Crippen molar-refractivity contribution in [3.63, 3.8) is 0 Å². The third-order valence-electron chi connectivity index (χ3n) is 3.46. The van der Waals surface area contributed by atoms with Gasteiger partial charge in [0.2, 0.25) is 5.91 Å². The topological polar surface area (TPSA) is 76.7 Å². The summed E-state index contributed by atoms with van der Waals surface area (Å²) in [7, 11) is 0. The van der Waals surface area contributed by atoms with Gasteiger partial charge in [-0.25, -0.2) is 0 Å². The molecule has 0 aliphatic carbocycles. The van der Waals surface area contributed by atoms with E-state index in [1.54, 1.807) is 36.4 Å². The minimum Gasteiger partial charge on any atom is -0.486 e. The molecule has 6 nitrogen and oxygen atoms in total. The lowest BCUT2D eigenvalue weighted by Crippen LogP contribution is -2.17. The maximum Gasteiger partial charge on any atom is 0.255 e. The molecule has 1 heterocycles. The van der Waals surface area contributed by atoms with Crippen molar-refractivity contribution in [2.75, 3.05) is 23.8 Å². The number of anilines is 2. The van der Waals surface area contributed by atoms with E-state index in [0.29, 0.717) is 46.7 Å². The molecule has 2 aromatic rings. The second kappa shape index (κ2) is 7.27. The second-order valence-electron chi connectivity index (χ2n) is 5.20. The first-order valence-corrected chi connectivity index (χ1v) is 7.88. The number of fused-ring (bicyclic) bond motifs is 1. The average molecular weight is 359 g/mol. The SMILES string of the molecule is C=CC(=O)Nc1cccc(C(=O)Nc2cc3c(cc2Cl)OCCO3)c1. The van der Waals surface area contributed by atoms with Crippen molar-refractivity contribution in [3.05, 3.63) is 59.6 Å².